The van der Waals surface area contributed by atoms with Gasteiger partial charge in [-0.15, -0.1) is 0 Å². The molecular formula is C15H13N5O. The molecule has 4 rings (SSSR count). The van der Waals surface area contributed by atoms with Crippen LogP contribution in [0.4, 0.5) is 5.69 Å². The molecular weight excluding hydrogens is 266 g/mol. The molecule has 0 aliphatic carbocycles. The first-order chi connectivity index (χ1) is 10.4. The maximum Gasteiger partial charge on any atom is 0.240 e. The summed E-state index contributed by atoms with van der Waals surface area (Å²) in [4.78, 5) is 12.6. The van der Waals surface area contributed by atoms with Crippen LogP contribution >= 0.6 is 0 Å². The second kappa shape index (κ2) is 4.97. The Labute approximate surface area is 121 Å². The summed E-state index contributed by atoms with van der Waals surface area (Å²) in [6, 6.07) is 10.1. The molecule has 1 atom stereocenters. The maximum atomic E-state index is 5.33. The smallest absolute Gasteiger partial charge is 0.240 e. The lowest BCUT2D eigenvalue weighted by atomic mass is 9.98. The minimum absolute atomic E-state index is 0.353. The summed E-state index contributed by atoms with van der Waals surface area (Å²) in [7, 11) is 0. The van der Waals surface area contributed by atoms with Crippen molar-refractivity contribution in [2.75, 3.05) is 11.9 Å². The summed E-state index contributed by atoms with van der Waals surface area (Å²) in [5.41, 5.74) is 2.49. The molecule has 6 heteroatoms. The minimum Gasteiger partial charge on any atom is -0.384 e. The maximum absolute atomic E-state index is 5.33. The average Bonchev–Trinajstić information content (AvgIpc) is 3.17. The van der Waals surface area contributed by atoms with E-state index in [1.807, 2.05) is 6.07 Å². The van der Waals surface area contributed by atoms with E-state index in [1.165, 1.54) is 11.3 Å². The fraction of sp³-hybridized carbons (Fsp3) is 0.200. The SMILES string of the molecule is c1cnc(-c2noc(CC3CNc4ccccc43)n2)nc1. The van der Waals surface area contributed by atoms with Crippen molar-refractivity contribution in [3.8, 4) is 11.6 Å². The third-order valence-electron chi connectivity index (χ3n) is 3.59. The molecule has 3 aromatic rings. The van der Waals surface area contributed by atoms with E-state index >= 15 is 0 Å². The zero-order valence-electron chi connectivity index (χ0n) is 11.2. The highest BCUT2D eigenvalue weighted by atomic mass is 16.5. The van der Waals surface area contributed by atoms with Crippen LogP contribution in [-0.2, 0) is 6.42 Å². The van der Waals surface area contributed by atoms with E-state index in [2.05, 4.69) is 43.6 Å². The molecule has 1 aromatic carbocycles. The molecule has 1 unspecified atom stereocenters. The molecule has 1 N–H and O–H groups in total. The summed E-state index contributed by atoms with van der Waals surface area (Å²) < 4.78 is 5.33. The number of hydrogen-bond donors (Lipinski definition) is 1. The lowest BCUT2D eigenvalue weighted by Gasteiger charge is -2.05. The second-order valence-electron chi connectivity index (χ2n) is 4.95. The average molecular weight is 279 g/mol. The Morgan fingerprint density at radius 1 is 1.10 bits per heavy atom. The number of anilines is 1. The van der Waals surface area contributed by atoms with Gasteiger partial charge < -0.3 is 9.84 Å². The fourth-order valence-corrected chi connectivity index (χ4v) is 2.59. The first-order valence-corrected chi connectivity index (χ1v) is 6.83. The molecule has 0 saturated carbocycles. The van der Waals surface area contributed by atoms with Gasteiger partial charge in [0.1, 0.15) is 0 Å². The quantitative estimate of drug-likeness (QED) is 0.792. The van der Waals surface area contributed by atoms with Crippen molar-refractivity contribution in [1.29, 1.82) is 0 Å². The number of nitrogens with one attached hydrogen (secondary N) is 1. The number of aromatic nitrogens is 4. The molecule has 2 aromatic heterocycles. The van der Waals surface area contributed by atoms with E-state index in [9.17, 15) is 0 Å². The molecule has 0 spiro atoms. The van der Waals surface area contributed by atoms with Gasteiger partial charge in [0.05, 0.1) is 0 Å². The van der Waals surface area contributed by atoms with Gasteiger partial charge in [-0.3, -0.25) is 0 Å². The van der Waals surface area contributed by atoms with Gasteiger partial charge in [-0.1, -0.05) is 23.4 Å². The fourth-order valence-electron chi connectivity index (χ4n) is 2.59. The van der Waals surface area contributed by atoms with Crippen LogP contribution in [0.1, 0.15) is 17.4 Å². The zero-order valence-corrected chi connectivity index (χ0v) is 11.2. The van der Waals surface area contributed by atoms with Crippen molar-refractivity contribution in [3.05, 3.63) is 54.2 Å². The molecule has 0 radical (unpaired) electrons. The summed E-state index contributed by atoms with van der Waals surface area (Å²) in [5, 5.41) is 7.35. The Morgan fingerprint density at radius 3 is 2.86 bits per heavy atom. The predicted molar refractivity (Wildman–Crippen MR) is 76.7 cm³/mol. The normalized spacial score (nSPS) is 16.5. The van der Waals surface area contributed by atoms with Crippen LogP contribution in [0.25, 0.3) is 11.6 Å². The van der Waals surface area contributed by atoms with Crippen molar-refractivity contribution >= 4 is 5.69 Å². The molecule has 1 aliphatic rings. The lowest BCUT2D eigenvalue weighted by Crippen LogP contribution is -2.05. The van der Waals surface area contributed by atoms with Gasteiger partial charge in [-0.25, -0.2) is 9.97 Å². The van der Waals surface area contributed by atoms with Gasteiger partial charge in [0.15, 0.2) is 0 Å². The highest BCUT2D eigenvalue weighted by molar-refractivity contribution is 5.57. The van der Waals surface area contributed by atoms with Crippen LogP contribution < -0.4 is 5.32 Å². The Kier molecular flexibility index (Phi) is 2.85. The predicted octanol–water partition coefficient (Wildman–Crippen LogP) is 2.28. The van der Waals surface area contributed by atoms with E-state index in [4.69, 9.17) is 4.52 Å². The van der Waals surface area contributed by atoms with Crippen molar-refractivity contribution < 1.29 is 4.52 Å². The van der Waals surface area contributed by atoms with Crippen molar-refractivity contribution in [1.82, 2.24) is 20.1 Å². The standard InChI is InChI=1S/C15H13N5O/c1-2-5-12-11(4-1)10(9-18-12)8-13-19-15(20-21-13)14-16-6-3-7-17-14/h1-7,10,18H,8-9H2. The zero-order chi connectivity index (χ0) is 14.1. The van der Waals surface area contributed by atoms with Gasteiger partial charge in [0.2, 0.25) is 17.5 Å². The Bertz CT molecular complexity index is 756. The highest BCUT2D eigenvalue weighted by Crippen LogP contribution is 2.33. The number of rotatable bonds is 3. The molecule has 6 nitrogen and oxygen atoms in total. The number of fused-ring (bicyclic) bond motifs is 1. The third kappa shape index (κ3) is 2.24. The monoisotopic (exact) mass is 279 g/mol. The first kappa shape index (κ1) is 12.0. The van der Waals surface area contributed by atoms with Gasteiger partial charge in [-0.2, -0.15) is 4.98 Å². The van der Waals surface area contributed by atoms with E-state index in [-0.39, 0.29) is 0 Å². The van der Waals surface area contributed by atoms with E-state index in [1.54, 1.807) is 18.5 Å². The Hall–Kier alpha value is -2.76. The summed E-state index contributed by atoms with van der Waals surface area (Å²) in [6.45, 7) is 0.888. The molecule has 3 heterocycles. The first-order valence-electron chi connectivity index (χ1n) is 6.83. The van der Waals surface area contributed by atoms with Crippen LogP contribution in [0.2, 0.25) is 0 Å². The van der Waals surface area contributed by atoms with E-state index < -0.39 is 0 Å². The number of nitrogens with zero attached hydrogens (tertiary/aromatic N) is 4. The second-order valence-corrected chi connectivity index (χ2v) is 4.95. The van der Waals surface area contributed by atoms with Crippen LogP contribution in [-0.4, -0.2) is 26.7 Å². The Balaban J connectivity index is 1.56. The lowest BCUT2D eigenvalue weighted by molar-refractivity contribution is 0.371. The van der Waals surface area contributed by atoms with Gasteiger partial charge >= 0.3 is 0 Å². The topological polar surface area (TPSA) is 76.7 Å². The largest absolute Gasteiger partial charge is 0.384 e. The minimum atomic E-state index is 0.353. The van der Waals surface area contributed by atoms with Crippen LogP contribution in [0, 0.1) is 0 Å². The summed E-state index contributed by atoms with van der Waals surface area (Å²) in [6.07, 6.45) is 4.04. The third-order valence-corrected chi connectivity index (χ3v) is 3.59. The van der Waals surface area contributed by atoms with Gasteiger partial charge in [-0.05, 0) is 17.7 Å². The molecule has 0 fully saturated rings. The van der Waals surface area contributed by atoms with Crippen LogP contribution in [0.15, 0.2) is 47.2 Å². The number of hydrogen-bond acceptors (Lipinski definition) is 6. The van der Waals surface area contributed by atoms with Crippen LogP contribution in [0.3, 0.4) is 0 Å². The molecule has 21 heavy (non-hydrogen) atoms. The summed E-state index contributed by atoms with van der Waals surface area (Å²) in [5.74, 6) is 1.88. The Morgan fingerprint density at radius 2 is 1.95 bits per heavy atom. The molecule has 104 valence electrons. The molecule has 1 aliphatic heterocycles. The molecule has 0 bridgehead atoms. The van der Waals surface area contributed by atoms with Crippen molar-refractivity contribution in [2.45, 2.75) is 12.3 Å². The van der Waals surface area contributed by atoms with Crippen molar-refractivity contribution in [3.63, 3.8) is 0 Å². The summed E-state index contributed by atoms with van der Waals surface area (Å²) >= 11 is 0. The van der Waals surface area contributed by atoms with E-state index in [0.29, 0.717) is 29.9 Å². The van der Waals surface area contributed by atoms with Crippen LogP contribution in [0.5, 0.6) is 0 Å². The van der Waals surface area contributed by atoms with Gasteiger partial charge in [0.25, 0.3) is 0 Å². The van der Waals surface area contributed by atoms with E-state index in [0.717, 1.165) is 6.54 Å². The highest BCUT2D eigenvalue weighted by Gasteiger charge is 2.24. The van der Waals surface area contributed by atoms with Crippen molar-refractivity contribution in [2.24, 2.45) is 0 Å². The van der Waals surface area contributed by atoms with Gasteiger partial charge in [0, 0.05) is 37.0 Å². The number of para-hydroxylation sites is 1. The molecule has 0 saturated heterocycles. The number of benzene rings is 1. The molecule has 0 amide bonds.